The zero-order valence-electron chi connectivity index (χ0n) is 31.8. The lowest BCUT2D eigenvalue weighted by molar-refractivity contribution is -0.122. The van der Waals surface area contributed by atoms with Gasteiger partial charge in [0.05, 0.1) is 18.0 Å². The maximum absolute atomic E-state index is 12.8. The number of aromatic nitrogens is 8. The van der Waals surface area contributed by atoms with Crippen molar-refractivity contribution in [2.24, 2.45) is 0 Å². The van der Waals surface area contributed by atoms with Crippen molar-refractivity contribution in [2.75, 3.05) is 26.2 Å². The minimum atomic E-state index is -0.593. The van der Waals surface area contributed by atoms with E-state index in [1.165, 1.54) is 48.7 Å². The van der Waals surface area contributed by atoms with Crippen molar-refractivity contribution in [3.8, 4) is 28.4 Å². The molecule has 0 aliphatic rings. The van der Waals surface area contributed by atoms with Gasteiger partial charge in [-0.3, -0.25) is 28.8 Å². The van der Waals surface area contributed by atoms with Crippen molar-refractivity contribution in [1.82, 2.24) is 55.3 Å². The van der Waals surface area contributed by atoms with Gasteiger partial charge in [0.1, 0.15) is 24.2 Å². The number of hydrogen-bond donors (Lipinski definition) is 3. The molecule has 0 saturated heterocycles. The summed E-state index contributed by atoms with van der Waals surface area (Å²) in [5.41, 5.74) is 1.34. The van der Waals surface area contributed by atoms with Crippen LogP contribution in [0, 0.1) is 5.95 Å². The monoisotopic (exact) mass is 851 g/mol. The van der Waals surface area contributed by atoms with Crippen molar-refractivity contribution in [2.45, 2.75) is 53.8 Å². The third-order valence-corrected chi connectivity index (χ3v) is 7.50. The lowest BCUT2D eigenvalue weighted by atomic mass is 10.2. The van der Waals surface area contributed by atoms with E-state index < -0.39 is 5.95 Å². The van der Waals surface area contributed by atoms with Crippen molar-refractivity contribution in [3.63, 3.8) is 0 Å². The number of nitrogens with one attached hydrogen (secondary N) is 3. The third-order valence-electron chi connectivity index (χ3n) is 7.08. The molecule has 18 nitrogen and oxygen atoms in total. The standard InChI is InChI=1S/C16H20N4O3.C13H13FN4O2.C8H10BrN3O2/c1-3-9-23-15-7-5-12(10-18-15)13-6-8-16(22)20(19-13)11-14(21)17-4-2;1-2-15-12(19)8-18-13(20)6-4-10(17-18)9-3-5-11(14)16-7-9;1-2-10-7(13)5-12-8(14)4-3-6(9)11-12/h5-8,10H,3-4,9,11H2,1-2H3,(H,17,21);3-7H,2,8H2,1H3,(H,15,19);3-4H,2,5H2,1H3,(H,10,13). The molecule has 0 radical (unpaired) electrons. The van der Waals surface area contributed by atoms with Gasteiger partial charge in [0.2, 0.25) is 29.5 Å². The van der Waals surface area contributed by atoms with Gasteiger partial charge in [-0.1, -0.05) is 6.92 Å². The fraction of sp³-hybridized carbons (Fsp3) is 0.324. The first-order valence-corrected chi connectivity index (χ1v) is 18.6. The molecular weight excluding hydrogens is 809 g/mol. The number of amides is 3. The Balaban J connectivity index is 0.000000236. The molecule has 0 aliphatic heterocycles. The average Bonchev–Trinajstić information content (AvgIpc) is 3.18. The Bertz CT molecular complexity index is 2270. The molecule has 5 rings (SSSR count). The van der Waals surface area contributed by atoms with Gasteiger partial charge in [-0.05, 0) is 79.5 Å². The number of hydrogen-bond acceptors (Lipinski definition) is 12. The maximum atomic E-state index is 12.8. The highest BCUT2D eigenvalue weighted by Gasteiger charge is 2.10. The minimum absolute atomic E-state index is 0.0495. The van der Waals surface area contributed by atoms with E-state index in [4.69, 9.17) is 4.74 Å². The van der Waals surface area contributed by atoms with Crippen molar-refractivity contribution < 1.29 is 23.5 Å². The number of carbonyl (C=O) groups is 3. The van der Waals surface area contributed by atoms with Crippen LogP contribution in [-0.2, 0) is 34.0 Å². The molecule has 0 unspecified atom stereocenters. The Labute approximate surface area is 334 Å². The van der Waals surface area contributed by atoms with E-state index >= 15 is 0 Å². The molecule has 20 heteroatoms. The Kier molecular flexibility index (Phi) is 18.5. The van der Waals surface area contributed by atoms with Gasteiger partial charge in [0, 0.05) is 67.4 Å². The molecule has 0 bridgehead atoms. The topological polar surface area (TPSA) is 227 Å². The van der Waals surface area contributed by atoms with Crippen LogP contribution in [0.25, 0.3) is 22.5 Å². The van der Waals surface area contributed by atoms with Gasteiger partial charge in [-0.2, -0.15) is 19.7 Å². The predicted molar refractivity (Wildman–Crippen MR) is 211 cm³/mol. The van der Waals surface area contributed by atoms with Crippen LogP contribution in [0.2, 0.25) is 0 Å². The van der Waals surface area contributed by atoms with Gasteiger partial charge >= 0.3 is 0 Å². The molecule has 5 aromatic heterocycles. The largest absolute Gasteiger partial charge is 0.478 e. The Morgan fingerprint density at radius 2 is 1.05 bits per heavy atom. The zero-order chi connectivity index (χ0) is 41.7. The molecule has 5 heterocycles. The molecule has 3 N–H and O–H groups in total. The van der Waals surface area contributed by atoms with Crippen molar-refractivity contribution in [1.29, 1.82) is 0 Å². The normalized spacial score (nSPS) is 10.2. The van der Waals surface area contributed by atoms with Crippen LogP contribution in [0.4, 0.5) is 4.39 Å². The highest BCUT2D eigenvalue weighted by Crippen LogP contribution is 2.17. The van der Waals surface area contributed by atoms with Crippen LogP contribution in [0.1, 0.15) is 34.1 Å². The molecule has 5 aromatic rings. The summed E-state index contributed by atoms with van der Waals surface area (Å²) < 4.78 is 22.0. The van der Waals surface area contributed by atoms with E-state index in [1.807, 2.05) is 26.8 Å². The van der Waals surface area contributed by atoms with E-state index in [-0.39, 0.29) is 54.0 Å². The van der Waals surface area contributed by atoms with E-state index in [0.717, 1.165) is 26.0 Å². The average molecular weight is 853 g/mol. The number of halogens is 2. The molecule has 3 amide bonds. The molecule has 0 atom stereocenters. The molecule has 302 valence electrons. The third kappa shape index (κ3) is 15.3. The highest BCUT2D eigenvalue weighted by atomic mass is 79.9. The fourth-order valence-electron chi connectivity index (χ4n) is 4.49. The second-order valence-corrected chi connectivity index (χ2v) is 12.4. The fourth-order valence-corrected chi connectivity index (χ4v) is 4.81. The lowest BCUT2D eigenvalue weighted by Gasteiger charge is -2.08. The smallest absolute Gasteiger partial charge is 0.267 e. The first-order chi connectivity index (χ1) is 27.4. The summed E-state index contributed by atoms with van der Waals surface area (Å²) in [5, 5.41) is 20.0. The van der Waals surface area contributed by atoms with Gasteiger partial charge in [0.15, 0.2) is 0 Å². The number of rotatable bonds is 14. The molecule has 0 aromatic carbocycles. The summed E-state index contributed by atoms with van der Waals surface area (Å²) in [6.07, 6.45) is 3.86. The van der Waals surface area contributed by atoms with Crippen LogP contribution < -0.4 is 37.4 Å². The summed E-state index contributed by atoms with van der Waals surface area (Å²) in [6.45, 7) is 9.28. The molecule has 0 fully saturated rings. The summed E-state index contributed by atoms with van der Waals surface area (Å²) in [4.78, 5) is 76.6. The SMILES string of the molecule is CCCOc1ccc(-c2ccc(=O)n(CC(=O)NCC)n2)cn1.CCNC(=O)Cn1nc(-c2ccc(F)nc2)ccc1=O.CCNC(=O)Cn1nc(Br)ccc1=O. The second kappa shape index (κ2) is 23.5. The van der Waals surface area contributed by atoms with Gasteiger partial charge in [0.25, 0.3) is 16.7 Å². The first-order valence-electron chi connectivity index (χ1n) is 17.8. The first kappa shape index (κ1) is 45.0. The van der Waals surface area contributed by atoms with E-state index in [0.29, 0.717) is 53.7 Å². The van der Waals surface area contributed by atoms with Crippen LogP contribution in [0.15, 0.2) is 92.0 Å². The Morgan fingerprint density at radius 1 is 0.614 bits per heavy atom. The summed E-state index contributed by atoms with van der Waals surface area (Å²) in [5.74, 6) is -0.812. The van der Waals surface area contributed by atoms with Crippen LogP contribution in [-0.4, -0.2) is 83.3 Å². The number of carbonyl (C=O) groups excluding carboxylic acids is 3. The Hall–Kier alpha value is -6.44. The number of pyridine rings is 2. The van der Waals surface area contributed by atoms with E-state index in [9.17, 15) is 33.2 Å². The minimum Gasteiger partial charge on any atom is -0.478 e. The van der Waals surface area contributed by atoms with Crippen LogP contribution in [0.5, 0.6) is 5.88 Å². The number of nitrogens with zero attached hydrogens (tertiary/aromatic N) is 8. The molecule has 0 aliphatic carbocycles. The number of ether oxygens (including phenoxy) is 1. The molecule has 0 saturated carbocycles. The zero-order valence-corrected chi connectivity index (χ0v) is 33.4. The molecule has 57 heavy (non-hydrogen) atoms. The summed E-state index contributed by atoms with van der Waals surface area (Å²) in [6, 6.07) is 15.0. The molecule has 0 spiro atoms. The lowest BCUT2D eigenvalue weighted by Crippen LogP contribution is -2.33. The van der Waals surface area contributed by atoms with Gasteiger partial charge < -0.3 is 20.7 Å². The van der Waals surface area contributed by atoms with Gasteiger partial charge in [-0.15, -0.1) is 0 Å². The van der Waals surface area contributed by atoms with Crippen molar-refractivity contribution >= 4 is 33.7 Å². The van der Waals surface area contributed by atoms with E-state index in [2.05, 4.69) is 57.1 Å². The van der Waals surface area contributed by atoms with Crippen molar-refractivity contribution in [3.05, 3.63) is 115 Å². The number of likely N-dealkylation sites (N-methyl/N-ethyl adjacent to an activating group) is 3. The van der Waals surface area contributed by atoms with Crippen LogP contribution in [0.3, 0.4) is 0 Å². The Morgan fingerprint density at radius 3 is 1.46 bits per heavy atom. The quantitative estimate of drug-likeness (QED) is 0.136. The summed E-state index contributed by atoms with van der Waals surface area (Å²) >= 11 is 3.12. The summed E-state index contributed by atoms with van der Waals surface area (Å²) in [7, 11) is 0. The maximum Gasteiger partial charge on any atom is 0.267 e. The van der Waals surface area contributed by atoms with E-state index in [1.54, 1.807) is 25.3 Å². The van der Waals surface area contributed by atoms with Gasteiger partial charge in [-0.25, -0.2) is 24.0 Å². The predicted octanol–water partition coefficient (Wildman–Crippen LogP) is 1.95. The second-order valence-electron chi connectivity index (χ2n) is 11.5. The molecular formula is C37H43BrFN11O7. The van der Waals surface area contributed by atoms with Crippen LogP contribution >= 0.6 is 15.9 Å². The highest BCUT2D eigenvalue weighted by molar-refractivity contribution is 9.10.